The van der Waals surface area contributed by atoms with Crippen molar-refractivity contribution in [2.45, 2.75) is 51.9 Å². The first-order valence-electron chi connectivity index (χ1n) is 7.93. The molecule has 0 aromatic heterocycles. The number of hydrogen-bond donors (Lipinski definition) is 0. The van der Waals surface area contributed by atoms with Gasteiger partial charge in [-0.15, -0.1) is 0 Å². The van der Waals surface area contributed by atoms with Gasteiger partial charge in [0.2, 0.25) is 0 Å². The molecule has 2 aliphatic heterocycles. The Morgan fingerprint density at radius 3 is 2.37 bits per heavy atom. The average molecular weight is 262 g/mol. The molecule has 0 aromatic carbocycles. The van der Waals surface area contributed by atoms with Gasteiger partial charge in [-0.1, -0.05) is 19.1 Å². The van der Waals surface area contributed by atoms with Crippen molar-refractivity contribution in [1.29, 1.82) is 0 Å². The topological polar surface area (TPSA) is 18.5 Å². The molecule has 0 spiro atoms. The quantitative estimate of drug-likeness (QED) is 0.711. The molecule has 1 saturated carbocycles. The van der Waals surface area contributed by atoms with Crippen molar-refractivity contribution < 1.29 is 9.47 Å². The Bertz CT molecular complexity index is 408. The molecule has 4 bridgehead atoms. The Kier molecular flexibility index (Phi) is 2.52. The Labute approximate surface area is 116 Å². The molecule has 2 nitrogen and oxygen atoms in total. The average Bonchev–Trinajstić information content (AvgIpc) is 3.03. The van der Waals surface area contributed by atoms with Gasteiger partial charge in [0, 0.05) is 5.92 Å². The lowest BCUT2D eigenvalue weighted by Gasteiger charge is -2.38. The minimum atomic E-state index is -0.0322. The highest BCUT2D eigenvalue weighted by Gasteiger charge is 2.64. The third-order valence-electron chi connectivity index (χ3n) is 5.98. The van der Waals surface area contributed by atoms with E-state index in [0.29, 0.717) is 24.0 Å². The van der Waals surface area contributed by atoms with E-state index in [1.54, 1.807) is 0 Å². The number of rotatable bonds is 2. The maximum atomic E-state index is 6.39. The van der Waals surface area contributed by atoms with E-state index in [-0.39, 0.29) is 5.60 Å². The summed E-state index contributed by atoms with van der Waals surface area (Å²) in [5.74, 6) is 4.51. The number of fused-ring (bicyclic) bond motifs is 9. The molecule has 4 aliphatic rings. The summed E-state index contributed by atoms with van der Waals surface area (Å²) in [6.45, 7) is 9.70. The first kappa shape index (κ1) is 12.4. The summed E-state index contributed by atoms with van der Waals surface area (Å²) in [7, 11) is 0. The Hall–Kier alpha value is -0.340. The van der Waals surface area contributed by atoms with Gasteiger partial charge < -0.3 is 9.47 Å². The van der Waals surface area contributed by atoms with Crippen LogP contribution in [0.1, 0.15) is 34.1 Å². The van der Waals surface area contributed by atoms with Gasteiger partial charge in [0.05, 0.1) is 24.4 Å². The minimum Gasteiger partial charge on any atom is -0.375 e. The van der Waals surface area contributed by atoms with Crippen LogP contribution in [0.15, 0.2) is 12.2 Å². The third-order valence-corrected chi connectivity index (χ3v) is 5.98. The van der Waals surface area contributed by atoms with E-state index in [1.807, 2.05) is 0 Å². The van der Waals surface area contributed by atoms with Crippen LogP contribution in [0.5, 0.6) is 0 Å². The van der Waals surface area contributed by atoms with E-state index in [9.17, 15) is 0 Å². The van der Waals surface area contributed by atoms with Crippen LogP contribution < -0.4 is 0 Å². The maximum Gasteiger partial charge on any atom is 0.0670 e. The predicted octanol–water partition coefficient (Wildman–Crippen LogP) is 3.27. The van der Waals surface area contributed by atoms with E-state index in [0.717, 1.165) is 30.3 Å². The van der Waals surface area contributed by atoms with Crippen LogP contribution in [0, 0.1) is 35.5 Å². The highest BCUT2D eigenvalue weighted by molar-refractivity contribution is 5.22. The monoisotopic (exact) mass is 262 g/mol. The molecule has 0 radical (unpaired) electrons. The van der Waals surface area contributed by atoms with Crippen molar-refractivity contribution in [2.24, 2.45) is 35.5 Å². The lowest BCUT2D eigenvalue weighted by molar-refractivity contribution is -0.0475. The Balaban J connectivity index is 1.53. The lowest BCUT2D eigenvalue weighted by Crippen LogP contribution is -2.43. The van der Waals surface area contributed by atoms with Crippen molar-refractivity contribution in [3.8, 4) is 0 Å². The highest BCUT2D eigenvalue weighted by atomic mass is 16.5. The van der Waals surface area contributed by atoms with E-state index in [1.165, 1.54) is 6.42 Å². The molecule has 3 fully saturated rings. The van der Waals surface area contributed by atoms with Crippen LogP contribution in [-0.2, 0) is 9.47 Å². The molecule has 2 saturated heterocycles. The van der Waals surface area contributed by atoms with Gasteiger partial charge in [-0.25, -0.2) is 0 Å². The van der Waals surface area contributed by atoms with Crippen LogP contribution in [-0.4, -0.2) is 24.4 Å². The zero-order valence-corrected chi connectivity index (χ0v) is 12.5. The van der Waals surface area contributed by atoms with Crippen molar-refractivity contribution in [3.63, 3.8) is 0 Å². The second-order valence-electron chi connectivity index (χ2n) is 8.11. The summed E-state index contributed by atoms with van der Waals surface area (Å²) in [5, 5.41) is 0. The van der Waals surface area contributed by atoms with Crippen LogP contribution in [0.4, 0.5) is 0 Å². The van der Waals surface area contributed by atoms with Gasteiger partial charge in [0.15, 0.2) is 0 Å². The number of ether oxygens (including phenoxy) is 2. The van der Waals surface area contributed by atoms with E-state index < -0.39 is 0 Å². The SMILES string of the molecule is CC1C(COC(C)(C)C)C2OC1C1C3C=CC(C3)C21. The fourth-order valence-electron chi connectivity index (χ4n) is 5.18. The highest BCUT2D eigenvalue weighted by Crippen LogP contribution is 2.63. The summed E-state index contributed by atoms with van der Waals surface area (Å²) in [6, 6.07) is 0. The fraction of sp³-hybridized carbons (Fsp3) is 0.882. The molecule has 8 unspecified atom stereocenters. The first-order valence-corrected chi connectivity index (χ1v) is 7.93. The summed E-state index contributed by atoms with van der Waals surface area (Å²) in [6.07, 6.45) is 7.28. The van der Waals surface area contributed by atoms with E-state index in [2.05, 4.69) is 39.8 Å². The van der Waals surface area contributed by atoms with Crippen LogP contribution in [0.25, 0.3) is 0 Å². The van der Waals surface area contributed by atoms with Crippen molar-refractivity contribution in [1.82, 2.24) is 0 Å². The van der Waals surface area contributed by atoms with E-state index >= 15 is 0 Å². The summed E-state index contributed by atoms with van der Waals surface area (Å²) >= 11 is 0. The van der Waals surface area contributed by atoms with Gasteiger partial charge in [0.25, 0.3) is 0 Å². The first-order chi connectivity index (χ1) is 8.96. The molecule has 0 aromatic rings. The molecule has 19 heavy (non-hydrogen) atoms. The predicted molar refractivity (Wildman–Crippen MR) is 74.7 cm³/mol. The molecule has 2 aliphatic carbocycles. The van der Waals surface area contributed by atoms with Gasteiger partial charge in [-0.3, -0.25) is 0 Å². The molecule has 2 heterocycles. The van der Waals surface area contributed by atoms with Crippen molar-refractivity contribution in [2.75, 3.05) is 6.61 Å². The normalized spacial score (nSPS) is 54.1. The third kappa shape index (κ3) is 1.69. The Morgan fingerprint density at radius 2 is 1.74 bits per heavy atom. The molecule has 106 valence electrons. The molecule has 0 N–H and O–H groups in total. The lowest BCUT2D eigenvalue weighted by atomic mass is 9.65. The fourth-order valence-corrected chi connectivity index (χ4v) is 5.18. The molecule has 2 heteroatoms. The van der Waals surface area contributed by atoms with Crippen LogP contribution in [0.3, 0.4) is 0 Å². The summed E-state index contributed by atoms with van der Waals surface area (Å²) < 4.78 is 12.5. The van der Waals surface area contributed by atoms with Crippen LogP contribution in [0.2, 0.25) is 0 Å². The van der Waals surface area contributed by atoms with Gasteiger partial charge in [-0.2, -0.15) is 0 Å². The maximum absolute atomic E-state index is 6.39. The number of allylic oxidation sites excluding steroid dienone is 2. The minimum absolute atomic E-state index is 0.0322. The molecule has 8 atom stereocenters. The Morgan fingerprint density at radius 1 is 1.11 bits per heavy atom. The zero-order chi connectivity index (χ0) is 13.4. The molecule has 0 amide bonds. The largest absolute Gasteiger partial charge is 0.375 e. The second-order valence-corrected chi connectivity index (χ2v) is 8.11. The summed E-state index contributed by atoms with van der Waals surface area (Å²) in [5.41, 5.74) is -0.0322. The van der Waals surface area contributed by atoms with Crippen LogP contribution >= 0.6 is 0 Å². The summed E-state index contributed by atoms with van der Waals surface area (Å²) in [4.78, 5) is 0. The smallest absolute Gasteiger partial charge is 0.0670 e. The standard InChI is InChI=1S/C17H26O2/c1-9-12(8-18-17(2,3)4)16-14-11-6-5-10(7-11)13(14)15(9)19-16/h5-6,9-16H,7-8H2,1-4H3. The van der Waals surface area contributed by atoms with Gasteiger partial charge in [-0.05, 0) is 56.8 Å². The zero-order valence-electron chi connectivity index (χ0n) is 12.5. The molecular formula is C17H26O2. The molecular weight excluding hydrogens is 236 g/mol. The molecule has 4 rings (SSSR count). The van der Waals surface area contributed by atoms with E-state index in [4.69, 9.17) is 9.47 Å². The van der Waals surface area contributed by atoms with Gasteiger partial charge in [0.1, 0.15) is 0 Å². The van der Waals surface area contributed by atoms with Crippen molar-refractivity contribution in [3.05, 3.63) is 12.2 Å². The van der Waals surface area contributed by atoms with Crippen molar-refractivity contribution >= 4 is 0 Å². The second kappa shape index (κ2) is 3.85. The van der Waals surface area contributed by atoms with Gasteiger partial charge >= 0.3 is 0 Å². The number of hydrogen-bond acceptors (Lipinski definition) is 2.